The largest absolute Gasteiger partial charge is 0.468 e. The van der Waals surface area contributed by atoms with Crippen molar-refractivity contribution < 1.29 is 31.8 Å². The second kappa shape index (κ2) is 5.93. The number of nitrogens with one attached hydrogen (secondary N) is 1. The van der Waals surface area contributed by atoms with Crippen LogP contribution in [0.15, 0.2) is 0 Å². The van der Waals surface area contributed by atoms with Gasteiger partial charge < -0.3 is 9.84 Å². The van der Waals surface area contributed by atoms with Crippen molar-refractivity contribution >= 4 is 16.0 Å². The number of esters is 1. The van der Waals surface area contributed by atoms with Crippen LogP contribution >= 0.6 is 0 Å². The third-order valence-corrected chi connectivity index (χ3v) is 2.56. The van der Waals surface area contributed by atoms with Gasteiger partial charge in [0.05, 0.1) is 7.11 Å². The summed E-state index contributed by atoms with van der Waals surface area (Å²) in [7, 11) is -3.05. The molecular weight excluding hydrogens is 236 g/mol. The molecule has 9 heteroatoms. The number of alkyl halides is 2. The summed E-state index contributed by atoms with van der Waals surface area (Å²) in [5, 5.41) is 8.59. The van der Waals surface area contributed by atoms with Crippen molar-refractivity contribution in [3.8, 4) is 0 Å². The van der Waals surface area contributed by atoms with E-state index < -0.39 is 40.8 Å². The van der Waals surface area contributed by atoms with E-state index in [4.69, 9.17) is 5.11 Å². The maximum absolute atomic E-state index is 11.8. The quantitative estimate of drug-likeness (QED) is 0.569. The highest BCUT2D eigenvalue weighted by atomic mass is 32.2. The molecule has 0 spiro atoms. The van der Waals surface area contributed by atoms with Crippen LogP contribution in [-0.2, 0) is 19.6 Å². The molecule has 0 aromatic carbocycles. The van der Waals surface area contributed by atoms with Gasteiger partial charge in [0.1, 0.15) is 6.10 Å². The van der Waals surface area contributed by atoms with E-state index in [0.29, 0.717) is 0 Å². The van der Waals surface area contributed by atoms with Gasteiger partial charge in [0.2, 0.25) is 10.0 Å². The molecule has 0 radical (unpaired) electrons. The van der Waals surface area contributed by atoms with E-state index in [2.05, 4.69) is 4.74 Å². The van der Waals surface area contributed by atoms with Crippen LogP contribution in [0.4, 0.5) is 8.78 Å². The fraction of sp³-hybridized carbons (Fsp3) is 0.833. The molecule has 0 aliphatic heterocycles. The summed E-state index contributed by atoms with van der Waals surface area (Å²) < 4.78 is 51.1. The van der Waals surface area contributed by atoms with Gasteiger partial charge in [-0.1, -0.05) is 0 Å². The number of carbonyl (C=O) groups is 1. The van der Waals surface area contributed by atoms with Crippen molar-refractivity contribution in [2.24, 2.45) is 0 Å². The zero-order chi connectivity index (χ0) is 12.1. The van der Waals surface area contributed by atoms with Gasteiger partial charge in [0.25, 0.3) is 6.43 Å². The first kappa shape index (κ1) is 14.2. The minimum atomic E-state index is -4.04. The summed E-state index contributed by atoms with van der Waals surface area (Å²) in [5.41, 5.74) is 0. The summed E-state index contributed by atoms with van der Waals surface area (Å²) in [6, 6.07) is 0. The van der Waals surface area contributed by atoms with Gasteiger partial charge in [-0.05, 0) is 0 Å². The van der Waals surface area contributed by atoms with Crippen molar-refractivity contribution in [3.05, 3.63) is 0 Å². The van der Waals surface area contributed by atoms with Crippen LogP contribution in [-0.4, -0.2) is 51.4 Å². The molecule has 0 heterocycles. The van der Waals surface area contributed by atoms with Crippen molar-refractivity contribution in [1.29, 1.82) is 0 Å². The molecule has 0 aliphatic carbocycles. The Labute approximate surface area is 85.3 Å². The Morgan fingerprint density at radius 3 is 2.47 bits per heavy atom. The molecule has 6 nitrogen and oxygen atoms in total. The van der Waals surface area contributed by atoms with E-state index in [1.165, 1.54) is 0 Å². The predicted octanol–water partition coefficient (Wildman–Crippen LogP) is -1.30. The number of hydrogen-bond donors (Lipinski definition) is 2. The highest BCUT2D eigenvalue weighted by Crippen LogP contribution is 1.99. The normalized spacial score (nSPS) is 13.9. The lowest BCUT2D eigenvalue weighted by Gasteiger charge is -2.10. The maximum Gasteiger partial charge on any atom is 0.322 e. The van der Waals surface area contributed by atoms with Crippen LogP contribution in [0.5, 0.6) is 0 Å². The van der Waals surface area contributed by atoms with Gasteiger partial charge in [-0.15, -0.1) is 0 Å². The number of rotatable bonds is 6. The van der Waals surface area contributed by atoms with Crippen LogP contribution in [0.2, 0.25) is 0 Å². The molecule has 90 valence electrons. The summed E-state index contributed by atoms with van der Waals surface area (Å²) in [4.78, 5) is 10.6. The van der Waals surface area contributed by atoms with Crippen LogP contribution in [0.25, 0.3) is 0 Å². The fourth-order valence-electron chi connectivity index (χ4n) is 0.567. The van der Waals surface area contributed by atoms with E-state index in [1.54, 1.807) is 4.72 Å². The molecule has 0 aromatic rings. The second-order valence-electron chi connectivity index (χ2n) is 2.59. The number of carbonyl (C=O) groups excluding carboxylic acids is 1. The highest BCUT2D eigenvalue weighted by molar-refractivity contribution is 7.90. The summed E-state index contributed by atoms with van der Waals surface area (Å²) >= 11 is 0. The average molecular weight is 247 g/mol. The molecule has 0 saturated carbocycles. The van der Waals surface area contributed by atoms with E-state index in [1.807, 2.05) is 0 Å². The molecule has 1 unspecified atom stereocenters. The lowest BCUT2D eigenvalue weighted by Crippen LogP contribution is -2.38. The van der Waals surface area contributed by atoms with Crippen LogP contribution < -0.4 is 4.72 Å². The van der Waals surface area contributed by atoms with Gasteiger partial charge in [0, 0.05) is 6.54 Å². The monoisotopic (exact) mass is 247 g/mol. The van der Waals surface area contributed by atoms with Gasteiger partial charge in [0.15, 0.2) is 5.75 Å². The highest BCUT2D eigenvalue weighted by Gasteiger charge is 2.22. The maximum atomic E-state index is 11.8. The lowest BCUT2D eigenvalue weighted by molar-refractivity contribution is -0.137. The minimum Gasteiger partial charge on any atom is -0.468 e. The molecule has 1 atom stereocenters. The molecular formula is C6H11F2NO5S. The molecule has 2 N–H and O–H groups in total. The molecule has 0 rings (SSSR count). The third kappa shape index (κ3) is 6.31. The van der Waals surface area contributed by atoms with Crippen LogP contribution in [0, 0.1) is 0 Å². The summed E-state index contributed by atoms with van der Waals surface area (Å²) in [5.74, 6) is -1.99. The minimum absolute atomic E-state index is 0.850. The molecule has 0 amide bonds. The SMILES string of the molecule is COC(=O)CS(=O)(=O)NCC(O)C(F)F. The standard InChI is InChI=1S/C6H11F2NO5S/c1-14-5(11)3-15(12,13)9-2-4(10)6(7)8/h4,6,9-10H,2-3H2,1H3. The Bertz CT molecular complexity index is 305. The Balaban J connectivity index is 4.11. The van der Waals surface area contributed by atoms with E-state index in [9.17, 15) is 22.0 Å². The molecule has 0 aliphatic rings. The number of sulfonamides is 1. The number of aliphatic hydroxyl groups is 1. The van der Waals surface area contributed by atoms with E-state index in [0.717, 1.165) is 7.11 Å². The fourth-order valence-corrected chi connectivity index (χ4v) is 1.52. The number of methoxy groups -OCH3 is 1. The van der Waals surface area contributed by atoms with Crippen molar-refractivity contribution in [2.75, 3.05) is 19.4 Å². The summed E-state index contributed by atoms with van der Waals surface area (Å²) in [6.45, 7) is -0.850. The van der Waals surface area contributed by atoms with Gasteiger partial charge in [-0.25, -0.2) is 21.9 Å². The number of aliphatic hydroxyl groups excluding tert-OH is 1. The third-order valence-electron chi connectivity index (χ3n) is 1.34. The number of hydrogen-bond acceptors (Lipinski definition) is 5. The number of ether oxygens (including phenoxy) is 1. The molecule has 0 aromatic heterocycles. The van der Waals surface area contributed by atoms with Crippen LogP contribution in [0.1, 0.15) is 0 Å². The lowest BCUT2D eigenvalue weighted by atomic mass is 10.4. The van der Waals surface area contributed by atoms with Gasteiger partial charge in [-0.3, -0.25) is 4.79 Å². The molecule has 0 fully saturated rings. The Kier molecular flexibility index (Phi) is 5.61. The summed E-state index contributed by atoms with van der Waals surface area (Å²) in [6.07, 6.45) is -5.15. The zero-order valence-electron chi connectivity index (χ0n) is 7.81. The Morgan fingerprint density at radius 1 is 1.53 bits per heavy atom. The van der Waals surface area contributed by atoms with Crippen molar-refractivity contribution in [2.45, 2.75) is 12.5 Å². The van der Waals surface area contributed by atoms with Crippen molar-refractivity contribution in [1.82, 2.24) is 4.72 Å². The zero-order valence-corrected chi connectivity index (χ0v) is 8.63. The molecule has 15 heavy (non-hydrogen) atoms. The van der Waals surface area contributed by atoms with Gasteiger partial charge >= 0.3 is 5.97 Å². The van der Waals surface area contributed by atoms with E-state index in [-0.39, 0.29) is 0 Å². The molecule has 0 bridgehead atoms. The van der Waals surface area contributed by atoms with Crippen LogP contribution in [0.3, 0.4) is 0 Å². The van der Waals surface area contributed by atoms with Gasteiger partial charge in [-0.2, -0.15) is 0 Å². The first-order valence-corrected chi connectivity index (χ1v) is 5.44. The predicted molar refractivity (Wildman–Crippen MR) is 45.8 cm³/mol. The first-order valence-electron chi connectivity index (χ1n) is 3.79. The first-order chi connectivity index (χ1) is 6.78. The smallest absolute Gasteiger partial charge is 0.322 e. The number of halogens is 2. The van der Waals surface area contributed by atoms with E-state index >= 15 is 0 Å². The Hall–Kier alpha value is -0.800. The Morgan fingerprint density at radius 2 is 2.07 bits per heavy atom. The second-order valence-corrected chi connectivity index (χ2v) is 4.39. The average Bonchev–Trinajstić information content (AvgIpc) is 2.13. The van der Waals surface area contributed by atoms with Crippen molar-refractivity contribution in [3.63, 3.8) is 0 Å². The molecule has 0 saturated heterocycles. The topological polar surface area (TPSA) is 92.7 Å².